The summed E-state index contributed by atoms with van der Waals surface area (Å²) in [6, 6.07) is 19.2. The minimum absolute atomic E-state index is 0.227. The zero-order chi connectivity index (χ0) is 18.7. The third kappa shape index (κ3) is 3.77. The fraction of sp³-hybridized carbons (Fsp3) is 0.174. The van der Waals surface area contributed by atoms with Crippen molar-refractivity contribution in [1.82, 2.24) is 0 Å². The highest BCUT2D eigenvalue weighted by Crippen LogP contribution is 2.30. The zero-order valence-corrected chi connectivity index (χ0v) is 15.2. The highest BCUT2D eigenvalue weighted by molar-refractivity contribution is 5.89. The number of ether oxygens (including phenoxy) is 1. The number of hydrogen-bond donors (Lipinski definition) is 1. The van der Waals surface area contributed by atoms with Gasteiger partial charge < -0.3 is 9.84 Å². The molecule has 0 fully saturated rings. The van der Waals surface area contributed by atoms with E-state index in [1.54, 1.807) is 18.2 Å². The van der Waals surface area contributed by atoms with Crippen molar-refractivity contribution in [3.63, 3.8) is 0 Å². The van der Waals surface area contributed by atoms with Crippen LogP contribution in [0.5, 0.6) is 5.75 Å². The molecule has 3 rings (SSSR count). The van der Waals surface area contributed by atoms with Gasteiger partial charge in [0.2, 0.25) is 0 Å². The van der Waals surface area contributed by atoms with Crippen LogP contribution in [0.1, 0.15) is 32.6 Å². The summed E-state index contributed by atoms with van der Waals surface area (Å²) in [5.74, 6) is -0.221. The van der Waals surface area contributed by atoms with Gasteiger partial charge in [-0.3, -0.25) is 0 Å². The van der Waals surface area contributed by atoms with Gasteiger partial charge in [0.05, 0.1) is 5.56 Å². The molecule has 3 aromatic carbocycles. The van der Waals surface area contributed by atoms with E-state index in [9.17, 15) is 9.90 Å². The Kier molecular flexibility index (Phi) is 5.08. The molecule has 1 N–H and O–H groups in total. The Morgan fingerprint density at radius 1 is 0.923 bits per heavy atom. The van der Waals surface area contributed by atoms with Gasteiger partial charge in [0, 0.05) is 5.56 Å². The Morgan fingerprint density at radius 3 is 2.15 bits per heavy atom. The number of carbonyl (C=O) groups is 1. The van der Waals surface area contributed by atoms with Crippen molar-refractivity contribution in [1.29, 1.82) is 0 Å². The molecule has 3 heteroatoms. The number of rotatable bonds is 5. The van der Waals surface area contributed by atoms with E-state index >= 15 is 0 Å². The van der Waals surface area contributed by atoms with Crippen molar-refractivity contribution in [2.75, 3.05) is 0 Å². The summed E-state index contributed by atoms with van der Waals surface area (Å²) in [5.41, 5.74) is 7.11. The van der Waals surface area contributed by atoms with Crippen molar-refractivity contribution in [2.45, 2.75) is 27.4 Å². The first kappa shape index (κ1) is 17.7. The maximum Gasteiger partial charge on any atom is 0.336 e. The molecule has 0 aliphatic rings. The van der Waals surface area contributed by atoms with E-state index in [-0.39, 0.29) is 12.2 Å². The minimum Gasteiger partial charge on any atom is -0.489 e. The average Bonchev–Trinajstić information content (AvgIpc) is 2.60. The van der Waals surface area contributed by atoms with E-state index < -0.39 is 5.97 Å². The summed E-state index contributed by atoms with van der Waals surface area (Å²) in [6.45, 7) is 6.59. The molecule has 26 heavy (non-hydrogen) atoms. The molecule has 0 aliphatic heterocycles. The lowest BCUT2D eigenvalue weighted by Crippen LogP contribution is -2.05. The van der Waals surface area contributed by atoms with Gasteiger partial charge in [-0.2, -0.15) is 0 Å². The fourth-order valence-corrected chi connectivity index (χ4v) is 3.37. The van der Waals surface area contributed by atoms with Gasteiger partial charge in [0.25, 0.3) is 0 Å². The molecule has 0 radical (unpaired) electrons. The maximum absolute atomic E-state index is 11.3. The standard InChI is InChI=1S/C23H22O3/c1-15-12-16(2)22(17(3)13-15)18-8-10-20(11-9-18)26-14-19-6-4-5-7-21(19)23(24)25/h4-13H,14H2,1-3H3,(H,24,25). The lowest BCUT2D eigenvalue weighted by molar-refractivity contribution is 0.0694. The predicted molar refractivity (Wildman–Crippen MR) is 104 cm³/mol. The van der Waals surface area contributed by atoms with Crippen molar-refractivity contribution in [3.8, 4) is 16.9 Å². The maximum atomic E-state index is 11.3. The first-order valence-electron chi connectivity index (χ1n) is 8.58. The van der Waals surface area contributed by atoms with Crippen LogP contribution in [0.4, 0.5) is 0 Å². The quantitative estimate of drug-likeness (QED) is 0.658. The average molecular weight is 346 g/mol. The molecule has 0 bridgehead atoms. The van der Waals surface area contributed by atoms with Crippen LogP contribution in [0, 0.1) is 20.8 Å². The number of aromatic carboxylic acids is 1. The summed E-state index contributed by atoms with van der Waals surface area (Å²) in [4.78, 5) is 11.3. The van der Waals surface area contributed by atoms with Gasteiger partial charge in [0.15, 0.2) is 0 Å². The molecule has 3 aromatic rings. The molecule has 132 valence electrons. The first-order chi connectivity index (χ1) is 12.5. The highest BCUT2D eigenvalue weighted by Gasteiger charge is 2.10. The van der Waals surface area contributed by atoms with Crippen LogP contribution in [-0.4, -0.2) is 11.1 Å². The molecular formula is C23H22O3. The van der Waals surface area contributed by atoms with Crippen LogP contribution in [0.15, 0.2) is 60.7 Å². The summed E-state index contributed by atoms with van der Waals surface area (Å²) >= 11 is 0. The minimum atomic E-state index is -0.940. The van der Waals surface area contributed by atoms with E-state index in [2.05, 4.69) is 32.9 Å². The lowest BCUT2D eigenvalue weighted by Gasteiger charge is -2.13. The van der Waals surface area contributed by atoms with E-state index in [1.165, 1.54) is 22.3 Å². The van der Waals surface area contributed by atoms with Gasteiger partial charge in [-0.1, -0.05) is 48.0 Å². The largest absolute Gasteiger partial charge is 0.489 e. The molecule has 0 unspecified atom stereocenters. The van der Waals surface area contributed by atoms with Crippen molar-refractivity contribution < 1.29 is 14.6 Å². The van der Waals surface area contributed by atoms with E-state index in [4.69, 9.17) is 4.74 Å². The number of hydrogen-bond acceptors (Lipinski definition) is 2. The van der Waals surface area contributed by atoms with Gasteiger partial charge in [-0.05, 0) is 61.2 Å². The van der Waals surface area contributed by atoms with E-state index in [0.717, 1.165) is 11.3 Å². The van der Waals surface area contributed by atoms with E-state index in [0.29, 0.717) is 5.56 Å². The van der Waals surface area contributed by atoms with Crippen LogP contribution >= 0.6 is 0 Å². The Balaban J connectivity index is 1.78. The summed E-state index contributed by atoms with van der Waals surface area (Å²) in [6.07, 6.45) is 0. The van der Waals surface area contributed by atoms with Gasteiger partial charge >= 0.3 is 5.97 Å². The van der Waals surface area contributed by atoms with Crippen LogP contribution in [0.2, 0.25) is 0 Å². The van der Waals surface area contributed by atoms with Gasteiger partial charge in [-0.25, -0.2) is 4.79 Å². The van der Waals surface area contributed by atoms with Crippen LogP contribution in [0.3, 0.4) is 0 Å². The van der Waals surface area contributed by atoms with Crippen LogP contribution in [-0.2, 0) is 6.61 Å². The zero-order valence-electron chi connectivity index (χ0n) is 15.2. The molecule has 0 aliphatic carbocycles. The smallest absolute Gasteiger partial charge is 0.336 e. The third-order valence-corrected chi connectivity index (χ3v) is 4.46. The molecule has 0 aromatic heterocycles. The number of benzene rings is 3. The van der Waals surface area contributed by atoms with Crippen molar-refractivity contribution >= 4 is 5.97 Å². The van der Waals surface area contributed by atoms with Gasteiger partial charge in [0.1, 0.15) is 12.4 Å². The SMILES string of the molecule is Cc1cc(C)c(-c2ccc(OCc3ccccc3C(=O)O)cc2)c(C)c1. The second-order valence-electron chi connectivity index (χ2n) is 6.55. The molecule has 0 amide bonds. The Labute approximate surface area is 153 Å². The fourth-order valence-electron chi connectivity index (χ4n) is 3.37. The Bertz CT molecular complexity index is 917. The molecular weight excluding hydrogens is 324 g/mol. The Hall–Kier alpha value is -3.07. The third-order valence-electron chi connectivity index (χ3n) is 4.46. The van der Waals surface area contributed by atoms with Crippen LogP contribution in [0.25, 0.3) is 11.1 Å². The number of carboxylic acids is 1. The molecule has 0 spiro atoms. The summed E-state index contributed by atoms with van der Waals surface area (Å²) < 4.78 is 5.79. The molecule has 0 heterocycles. The molecule has 0 atom stereocenters. The predicted octanol–water partition coefficient (Wildman–Crippen LogP) is 5.56. The van der Waals surface area contributed by atoms with Crippen molar-refractivity contribution in [3.05, 3.63) is 88.5 Å². The Morgan fingerprint density at radius 2 is 1.54 bits per heavy atom. The lowest BCUT2D eigenvalue weighted by atomic mass is 9.94. The number of carboxylic acid groups (broad SMARTS) is 1. The molecule has 3 nitrogen and oxygen atoms in total. The second kappa shape index (κ2) is 7.44. The monoisotopic (exact) mass is 346 g/mol. The second-order valence-corrected chi connectivity index (χ2v) is 6.55. The van der Waals surface area contributed by atoms with Crippen molar-refractivity contribution in [2.24, 2.45) is 0 Å². The normalized spacial score (nSPS) is 10.6. The first-order valence-corrected chi connectivity index (χ1v) is 8.58. The summed E-state index contributed by atoms with van der Waals surface area (Å²) in [7, 11) is 0. The van der Waals surface area contributed by atoms with E-state index in [1.807, 2.05) is 30.3 Å². The topological polar surface area (TPSA) is 46.5 Å². The molecule has 0 saturated carbocycles. The molecule has 0 saturated heterocycles. The highest BCUT2D eigenvalue weighted by atomic mass is 16.5. The summed E-state index contributed by atoms with van der Waals surface area (Å²) in [5, 5.41) is 9.24. The number of aryl methyl sites for hydroxylation is 3. The van der Waals surface area contributed by atoms with Gasteiger partial charge in [-0.15, -0.1) is 0 Å². The van der Waals surface area contributed by atoms with Crippen LogP contribution < -0.4 is 4.74 Å².